The molecule has 1 aromatic rings. The third-order valence-electron chi connectivity index (χ3n) is 4.60. The fourth-order valence-corrected chi connectivity index (χ4v) is 3.65. The zero-order chi connectivity index (χ0) is 18.4. The lowest BCUT2D eigenvalue weighted by atomic mass is 10.1. The van der Waals surface area contributed by atoms with Crippen LogP contribution in [0.15, 0.2) is 17.1 Å². The van der Waals surface area contributed by atoms with Crippen molar-refractivity contribution in [3.05, 3.63) is 22.7 Å². The summed E-state index contributed by atoms with van der Waals surface area (Å²) < 4.78 is 16.7. The number of benzene rings is 1. The Bertz CT molecular complexity index is 645. The Balaban J connectivity index is 0.00000261. The normalized spacial score (nSPS) is 19.4. The topological polar surface area (TPSA) is 55.3 Å². The number of nitrogens with one attached hydrogen (secondary N) is 1. The van der Waals surface area contributed by atoms with E-state index in [1.807, 2.05) is 12.1 Å². The molecular weight excluding hydrogens is 481 g/mol. The first kappa shape index (κ1) is 22.4. The van der Waals surface area contributed by atoms with Crippen LogP contribution in [0.1, 0.15) is 25.3 Å². The number of fused-ring (bicyclic) bond motifs is 1. The molecule has 1 saturated heterocycles. The van der Waals surface area contributed by atoms with Gasteiger partial charge in [-0.3, -0.25) is 0 Å². The number of guanidine groups is 1. The Morgan fingerprint density at radius 2 is 2.19 bits per heavy atom. The highest BCUT2D eigenvalue weighted by Crippen LogP contribution is 2.38. The van der Waals surface area contributed by atoms with Crippen LogP contribution in [0, 0.1) is 5.92 Å². The van der Waals surface area contributed by atoms with Gasteiger partial charge in [0.15, 0.2) is 17.5 Å². The molecule has 1 fully saturated rings. The lowest BCUT2D eigenvalue weighted by Gasteiger charge is -2.21. The van der Waals surface area contributed by atoms with Gasteiger partial charge in [0.05, 0.1) is 31.4 Å². The zero-order valence-corrected chi connectivity index (χ0v) is 19.1. The van der Waals surface area contributed by atoms with Crippen LogP contribution in [0.25, 0.3) is 0 Å². The van der Waals surface area contributed by atoms with Gasteiger partial charge >= 0.3 is 0 Å². The second-order valence-corrected chi connectivity index (χ2v) is 7.09. The number of aliphatic imine (C=N–C) groups is 1. The van der Waals surface area contributed by atoms with Crippen LogP contribution in [-0.2, 0) is 11.3 Å². The molecule has 2 aliphatic heterocycles. The van der Waals surface area contributed by atoms with E-state index in [0.717, 1.165) is 50.6 Å². The van der Waals surface area contributed by atoms with Gasteiger partial charge in [-0.1, -0.05) is 11.6 Å². The molecule has 1 aromatic carbocycles. The molecule has 0 aromatic heterocycles. The van der Waals surface area contributed by atoms with E-state index in [9.17, 15) is 0 Å². The molecule has 1 N–H and O–H groups in total. The van der Waals surface area contributed by atoms with Crippen molar-refractivity contribution in [1.82, 2.24) is 10.2 Å². The van der Waals surface area contributed by atoms with Gasteiger partial charge < -0.3 is 24.4 Å². The Hall–Kier alpha value is -0.930. The fraction of sp³-hybridized carbons (Fsp3) is 0.632. The summed E-state index contributed by atoms with van der Waals surface area (Å²) in [5, 5.41) is 3.97. The average Bonchev–Trinajstić information content (AvgIpc) is 2.95. The van der Waals surface area contributed by atoms with E-state index in [2.05, 4.69) is 17.1 Å². The van der Waals surface area contributed by atoms with E-state index < -0.39 is 0 Å². The number of halogens is 2. The van der Waals surface area contributed by atoms with Crippen LogP contribution < -0.4 is 14.8 Å². The molecule has 152 valence electrons. The monoisotopic (exact) mass is 509 g/mol. The van der Waals surface area contributed by atoms with Crippen LogP contribution in [-0.4, -0.2) is 57.4 Å². The molecule has 3 rings (SSSR count). The van der Waals surface area contributed by atoms with E-state index in [0.29, 0.717) is 42.2 Å². The maximum Gasteiger partial charge on any atom is 0.194 e. The minimum Gasteiger partial charge on any atom is -0.489 e. The molecule has 2 heterocycles. The molecule has 0 amide bonds. The van der Waals surface area contributed by atoms with Gasteiger partial charge in [-0.15, -0.1) is 24.0 Å². The number of hydrogen-bond acceptors (Lipinski definition) is 4. The summed E-state index contributed by atoms with van der Waals surface area (Å²) in [7, 11) is 1.76. The predicted octanol–water partition coefficient (Wildman–Crippen LogP) is 3.55. The molecule has 0 saturated carbocycles. The van der Waals surface area contributed by atoms with Gasteiger partial charge in [0.2, 0.25) is 0 Å². The standard InChI is InChI=1S/C19H28ClN3O3.HI/c1-3-21-19(23-6-5-14(12-23)13-24-2)22-11-15-9-16(20)18-17(10-15)25-7-4-8-26-18;/h9-10,14H,3-8,11-13H2,1-2H3,(H,21,22);1H. The molecule has 6 nitrogen and oxygen atoms in total. The van der Waals surface area contributed by atoms with Crippen molar-refractivity contribution in [3.63, 3.8) is 0 Å². The zero-order valence-electron chi connectivity index (χ0n) is 16.0. The van der Waals surface area contributed by atoms with Gasteiger partial charge in [-0.2, -0.15) is 0 Å². The van der Waals surface area contributed by atoms with Crippen LogP contribution in [0.2, 0.25) is 5.02 Å². The molecule has 0 radical (unpaired) electrons. The Labute approximate surface area is 183 Å². The van der Waals surface area contributed by atoms with E-state index >= 15 is 0 Å². The van der Waals surface area contributed by atoms with E-state index in [1.165, 1.54) is 0 Å². The lowest BCUT2D eigenvalue weighted by Crippen LogP contribution is -2.40. The Morgan fingerprint density at radius 3 is 2.96 bits per heavy atom. The summed E-state index contributed by atoms with van der Waals surface area (Å²) in [5.74, 6) is 2.86. The largest absolute Gasteiger partial charge is 0.489 e. The van der Waals surface area contributed by atoms with E-state index in [-0.39, 0.29) is 24.0 Å². The van der Waals surface area contributed by atoms with E-state index in [4.69, 9.17) is 30.8 Å². The quantitative estimate of drug-likeness (QED) is 0.374. The molecular formula is C19H29ClIN3O3. The number of rotatable bonds is 5. The summed E-state index contributed by atoms with van der Waals surface area (Å²) >= 11 is 6.38. The first-order valence-corrected chi connectivity index (χ1v) is 9.69. The molecule has 0 bridgehead atoms. The van der Waals surface area contributed by atoms with Crippen molar-refractivity contribution in [3.8, 4) is 11.5 Å². The highest BCUT2D eigenvalue weighted by atomic mass is 127. The predicted molar refractivity (Wildman–Crippen MR) is 119 cm³/mol. The molecule has 27 heavy (non-hydrogen) atoms. The molecule has 0 aliphatic carbocycles. The first-order chi connectivity index (χ1) is 12.7. The van der Waals surface area contributed by atoms with Gasteiger partial charge in [0.25, 0.3) is 0 Å². The van der Waals surface area contributed by atoms with Crippen molar-refractivity contribution in [2.45, 2.75) is 26.3 Å². The van der Waals surface area contributed by atoms with Crippen molar-refractivity contribution in [2.24, 2.45) is 10.9 Å². The molecule has 1 atom stereocenters. The van der Waals surface area contributed by atoms with Crippen molar-refractivity contribution < 1.29 is 14.2 Å². The Morgan fingerprint density at radius 1 is 1.37 bits per heavy atom. The third kappa shape index (κ3) is 6.02. The van der Waals surface area contributed by atoms with Gasteiger partial charge in [0.1, 0.15) is 0 Å². The van der Waals surface area contributed by atoms with Gasteiger partial charge in [0, 0.05) is 39.1 Å². The number of nitrogens with zero attached hydrogens (tertiary/aromatic N) is 2. The third-order valence-corrected chi connectivity index (χ3v) is 4.88. The van der Waals surface area contributed by atoms with Crippen LogP contribution >= 0.6 is 35.6 Å². The number of likely N-dealkylation sites (tertiary alicyclic amines) is 1. The number of methoxy groups -OCH3 is 1. The maximum atomic E-state index is 6.38. The minimum absolute atomic E-state index is 0. The van der Waals surface area contributed by atoms with Gasteiger partial charge in [-0.05, 0) is 31.0 Å². The SMILES string of the molecule is CCNC(=NCc1cc(Cl)c2c(c1)OCCCO2)N1CCC(COC)C1.I. The number of ether oxygens (including phenoxy) is 3. The first-order valence-electron chi connectivity index (χ1n) is 9.31. The van der Waals surface area contributed by atoms with Crippen molar-refractivity contribution in [2.75, 3.05) is 46.6 Å². The van der Waals surface area contributed by atoms with Crippen LogP contribution in [0.4, 0.5) is 0 Å². The maximum absolute atomic E-state index is 6.38. The van der Waals surface area contributed by atoms with Crippen LogP contribution in [0.3, 0.4) is 0 Å². The minimum atomic E-state index is 0. The van der Waals surface area contributed by atoms with Gasteiger partial charge in [-0.25, -0.2) is 4.99 Å². The molecule has 8 heteroatoms. The number of hydrogen-bond donors (Lipinski definition) is 1. The van der Waals surface area contributed by atoms with Crippen LogP contribution in [0.5, 0.6) is 11.5 Å². The molecule has 1 unspecified atom stereocenters. The van der Waals surface area contributed by atoms with Crippen molar-refractivity contribution in [1.29, 1.82) is 0 Å². The Kier molecular flexibility index (Phi) is 9.25. The highest BCUT2D eigenvalue weighted by molar-refractivity contribution is 14.0. The second kappa shape index (κ2) is 11.2. The molecule has 0 spiro atoms. The average molecular weight is 510 g/mol. The molecule has 2 aliphatic rings. The summed E-state index contributed by atoms with van der Waals surface area (Å²) in [4.78, 5) is 7.11. The van der Waals surface area contributed by atoms with E-state index in [1.54, 1.807) is 7.11 Å². The summed E-state index contributed by atoms with van der Waals surface area (Å²) in [6.45, 7) is 7.52. The lowest BCUT2D eigenvalue weighted by molar-refractivity contribution is 0.157. The summed E-state index contributed by atoms with van der Waals surface area (Å²) in [6, 6.07) is 3.90. The smallest absolute Gasteiger partial charge is 0.194 e. The highest BCUT2D eigenvalue weighted by Gasteiger charge is 2.24. The van der Waals surface area contributed by atoms with Crippen molar-refractivity contribution >= 4 is 41.5 Å². The summed E-state index contributed by atoms with van der Waals surface area (Å²) in [5.41, 5.74) is 1.02. The summed E-state index contributed by atoms with van der Waals surface area (Å²) in [6.07, 6.45) is 1.99. The second-order valence-electron chi connectivity index (χ2n) is 6.68. The fourth-order valence-electron chi connectivity index (χ4n) is 3.36.